The fourth-order valence-electron chi connectivity index (χ4n) is 9.54. The van der Waals surface area contributed by atoms with Gasteiger partial charge in [0, 0.05) is 102 Å². The van der Waals surface area contributed by atoms with Crippen LogP contribution in [0.4, 0.5) is 0 Å². The molecule has 0 saturated carbocycles. The largest absolute Gasteiger partial charge is 0.481 e. The molecule has 3 N–H and O–H groups in total. The molecule has 0 rings (SSSR count). The maximum atomic E-state index is 12.9. The van der Waals surface area contributed by atoms with E-state index in [4.69, 9.17) is 19.3 Å². The van der Waals surface area contributed by atoms with E-state index in [1.54, 1.807) is 40.0 Å². The number of ether oxygens (including phenoxy) is 3. The number of carboxylic acids is 1. The Bertz CT molecular complexity index is 1900. The smallest absolute Gasteiger partial charge is 0.306 e. The number of carbonyl (C=O) groups excluding carboxylic acids is 7. The minimum atomic E-state index is -0.885. The number of esters is 2. The predicted molar refractivity (Wildman–Crippen MR) is 370 cm³/mol. The molecular weight excluding hydrogens is 1160 g/mol. The van der Waals surface area contributed by atoms with Crippen LogP contribution < -0.4 is 10.6 Å². The minimum Gasteiger partial charge on any atom is -0.481 e. The standard InChI is InChI=1S/C57H104N2O8S.C14H26N2O4S/c1-8-10-12-14-16-18-20-22-24-26-28-30-32-34-36-40-54(61)66-48-52(67-55(62)41-37-35-33-31-29-27-25-23-21-19-17-15-13-11-9-2)42-45-65-44-38-39-51(60)43-46-68-53(57(64)59(6)7)47-50(5)56(63)58-49(3)4;1-9(2)15-13(19)10(3)8-11(14(20)16(4)5)21-7-6-12(17)18/h22-25,49-50,52-53H,8-21,26-48H2,1-7H3,(H,58,63);9-11H,6-8H2,1-5H3,(H,15,19)(H,17,18)/b24-22-,25-23-;. The number of thioether (sulfide) groups is 2. The van der Waals surface area contributed by atoms with Gasteiger partial charge in [-0.2, -0.15) is 0 Å². The number of nitrogens with zero attached hydrogens (tertiary/aromatic N) is 2. The number of allylic oxidation sites excluding steroid dienone is 4. The van der Waals surface area contributed by atoms with E-state index >= 15 is 0 Å². The lowest BCUT2D eigenvalue weighted by Gasteiger charge is -2.23. The molecule has 0 aliphatic rings. The number of Topliss-reactive ketones (excluding diaryl/α,β-unsaturated/α-hetero) is 1. The van der Waals surface area contributed by atoms with Crippen molar-refractivity contribution in [2.75, 3.05) is 59.5 Å². The first kappa shape index (κ1) is 87.2. The highest BCUT2D eigenvalue weighted by Crippen LogP contribution is 2.25. The molecule has 0 fully saturated rings. The van der Waals surface area contributed by atoms with Crippen molar-refractivity contribution in [1.29, 1.82) is 0 Å². The van der Waals surface area contributed by atoms with Gasteiger partial charge in [0.15, 0.2) is 0 Å². The molecule has 5 unspecified atom stereocenters. The summed E-state index contributed by atoms with van der Waals surface area (Å²) in [6, 6.07) is 0.0856. The van der Waals surface area contributed by atoms with Gasteiger partial charge < -0.3 is 39.8 Å². The van der Waals surface area contributed by atoms with Gasteiger partial charge in [0.2, 0.25) is 23.6 Å². The molecule has 4 amide bonds. The molecule has 0 radical (unpaired) electrons. The third kappa shape index (κ3) is 56.6. The summed E-state index contributed by atoms with van der Waals surface area (Å²) >= 11 is 2.73. The Balaban J connectivity index is 0. The normalized spacial score (nSPS) is 13.1. The number of nitrogens with one attached hydrogen (secondary N) is 2. The highest BCUT2D eigenvalue weighted by molar-refractivity contribution is 8.00. The van der Waals surface area contributed by atoms with Gasteiger partial charge >= 0.3 is 17.9 Å². The maximum absolute atomic E-state index is 12.9. The number of carbonyl (C=O) groups is 8. The highest BCUT2D eigenvalue weighted by Gasteiger charge is 2.28. The van der Waals surface area contributed by atoms with Gasteiger partial charge in [0.1, 0.15) is 18.5 Å². The summed E-state index contributed by atoms with van der Waals surface area (Å²) in [6.45, 7) is 16.4. The number of aliphatic carboxylic acids is 1. The van der Waals surface area contributed by atoms with E-state index in [1.807, 2.05) is 34.6 Å². The Morgan fingerprint density at radius 1 is 0.461 bits per heavy atom. The molecule has 0 aliphatic carbocycles. The van der Waals surface area contributed by atoms with Crippen LogP contribution in [0.25, 0.3) is 0 Å². The van der Waals surface area contributed by atoms with Gasteiger partial charge in [-0.15, -0.1) is 23.5 Å². The molecule has 5 atom stereocenters. The van der Waals surface area contributed by atoms with Crippen LogP contribution in [0.1, 0.15) is 280 Å². The summed E-state index contributed by atoms with van der Waals surface area (Å²) in [5.74, 6) is -1.37. The number of hydrogen-bond acceptors (Lipinski definition) is 13. The summed E-state index contributed by atoms with van der Waals surface area (Å²) < 4.78 is 17.3. The van der Waals surface area contributed by atoms with Crippen LogP contribution in [0.5, 0.6) is 0 Å². The third-order valence-electron chi connectivity index (χ3n) is 15.0. The monoisotopic (exact) mass is 1290 g/mol. The van der Waals surface area contributed by atoms with Gasteiger partial charge in [-0.25, -0.2) is 0 Å². The van der Waals surface area contributed by atoms with Crippen LogP contribution >= 0.6 is 23.5 Å². The van der Waals surface area contributed by atoms with Crippen molar-refractivity contribution < 1.29 is 57.7 Å². The van der Waals surface area contributed by atoms with Crippen LogP contribution in [0.15, 0.2) is 24.3 Å². The van der Waals surface area contributed by atoms with E-state index in [9.17, 15) is 38.4 Å². The topological polar surface area (TPSA) is 215 Å². The Kier molecular flexibility index (Phi) is 59.1. The average Bonchev–Trinajstić information content (AvgIpc) is 3.24. The predicted octanol–water partition coefficient (Wildman–Crippen LogP) is 15.6. The molecule has 0 bridgehead atoms. The van der Waals surface area contributed by atoms with E-state index in [2.05, 4.69) is 48.8 Å². The molecule has 0 saturated heterocycles. The second-order valence-electron chi connectivity index (χ2n) is 25.2. The quantitative estimate of drug-likeness (QED) is 0.0293. The lowest BCUT2D eigenvalue weighted by Crippen LogP contribution is -2.38. The van der Waals surface area contributed by atoms with Gasteiger partial charge in [0.05, 0.1) is 23.5 Å². The maximum Gasteiger partial charge on any atom is 0.306 e. The summed E-state index contributed by atoms with van der Waals surface area (Å²) in [6.07, 6.45) is 43.0. The van der Waals surface area contributed by atoms with Crippen LogP contribution in [-0.4, -0.2) is 150 Å². The van der Waals surface area contributed by atoms with Crippen LogP contribution in [0, 0.1) is 11.8 Å². The molecule has 518 valence electrons. The zero-order valence-corrected chi connectivity index (χ0v) is 59.9. The second-order valence-corrected chi connectivity index (χ2v) is 27.8. The number of hydrogen-bond donors (Lipinski definition) is 3. The fraction of sp³-hybridized carbons (Fsp3) is 0.831. The van der Waals surface area contributed by atoms with Crippen molar-refractivity contribution in [3.63, 3.8) is 0 Å². The summed E-state index contributed by atoms with van der Waals surface area (Å²) in [5.41, 5.74) is 0. The molecule has 16 nitrogen and oxygen atoms in total. The Morgan fingerprint density at radius 2 is 0.843 bits per heavy atom. The SMILES string of the molecule is CC(C)NC(=O)C(C)CC(SCCC(=O)O)C(=O)N(C)C.CCCCCCCC/C=C\CCCCCCCC(=O)OCC(CCOCCCC(=O)CCSC(CC(C)C(=O)NC(C)C)C(=O)N(C)C)OC(=O)CCCCCCC/C=C\CCCCCCCC. The van der Waals surface area contributed by atoms with Gasteiger partial charge in [-0.1, -0.05) is 155 Å². The van der Waals surface area contributed by atoms with Crippen LogP contribution in [0.3, 0.4) is 0 Å². The summed E-state index contributed by atoms with van der Waals surface area (Å²) in [4.78, 5) is 101. The van der Waals surface area contributed by atoms with Gasteiger partial charge in [-0.3, -0.25) is 38.4 Å². The molecule has 0 aliphatic heterocycles. The molecule has 0 aromatic rings. The molecule has 0 aromatic heterocycles. The Morgan fingerprint density at radius 3 is 1.24 bits per heavy atom. The molecule has 89 heavy (non-hydrogen) atoms. The Labute approximate surface area is 550 Å². The van der Waals surface area contributed by atoms with Crippen molar-refractivity contribution in [2.24, 2.45) is 11.8 Å². The van der Waals surface area contributed by atoms with Gasteiger partial charge in [0.25, 0.3) is 0 Å². The molecule has 0 heterocycles. The molecule has 18 heteroatoms. The number of ketones is 1. The zero-order valence-electron chi connectivity index (χ0n) is 58.3. The van der Waals surface area contributed by atoms with Crippen molar-refractivity contribution in [3.8, 4) is 0 Å². The van der Waals surface area contributed by atoms with E-state index < -0.39 is 22.6 Å². The molecular formula is C71H130N4O12S2. The first-order chi connectivity index (χ1) is 42.5. The fourth-order valence-corrected chi connectivity index (χ4v) is 12.3. The average molecular weight is 1300 g/mol. The third-order valence-corrected chi connectivity index (χ3v) is 17.5. The number of rotatable bonds is 58. The van der Waals surface area contributed by atoms with E-state index in [0.717, 1.165) is 57.8 Å². The number of amides is 4. The highest BCUT2D eigenvalue weighted by atomic mass is 32.2. The van der Waals surface area contributed by atoms with Crippen molar-refractivity contribution in [2.45, 2.75) is 309 Å². The first-order valence-electron chi connectivity index (χ1n) is 34.8. The van der Waals surface area contributed by atoms with E-state index in [-0.39, 0.29) is 78.3 Å². The number of unbranched alkanes of at least 4 members (excludes halogenated alkanes) is 22. The lowest BCUT2D eigenvalue weighted by molar-refractivity contribution is -0.160. The minimum absolute atomic E-state index is 0.00838. The summed E-state index contributed by atoms with van der Waals surface area (Å²) in [7, 11) is 6.73. The first-order valence-corrected chi connectivity index (χ1v) is 36.9. The molecule has 0 spiro atoms. The zero-order chi connectivity index (χ0) is 66.9. The van der Waals surface area contributed by atoms with Crippen molar-refractivity contribution >= 4 is 70.8 Å². The van der Waals surface area contributed by atoms with Crippen LogP contribution in [0.2, 0.25) is 0 Å². The molecule has 0 aromatic carbocycles. The second kappa shape index (κ2) is 60.3. The van der Waals surface area contributed by atoms with E-state index in [0.29, 0.717) is 76.1 Å². The van der Waals surface area contributed by atoms with E-state index in [1.165, 1.54) is 138 Å². The Hall–Kier alpha value is -3.90. The number of carboxylic acid groups (broad SMARTS) is 1. The van der Waals surface area contributed by atoms with Gasteiger partial charge in [-0.05, 0) is 111 Å². The van der Waals surface area contributed by atoms with Crippen molar-refractivity contribution in [3.05, 3.63) is 24.3 Å². The van der Waals surface area contributed by atoms with Crippen LogP contribution in [-0.2, 0) is 52.6 Å². The lowest BCUT2D eigenvalue weighted by atomic mass is 10.0. The summed E-state index contributed by atoms with van der Waals surface area (Å²) in [5, 5.41) is 13.6. The van der Waals surface area contributed by atoms with Crippen molar-refractivity contribution in [1.82, 2.24) is 20.4 Å².